The molecule has 58 valence electrons. The summed E-state index contributed by atoms with van der Waals surface area (Å²) in [4.78, 5) is 0. The molecule has 1 N–H and O–H groups in total. The maximum absolute atomic E-state index is 9.61. The predicted octanol–water partition coefficient (Wildman–Crippen LogP) is 1.10. The quantitative estimate of drug-likeness (QED) is 0.555. The van der Waals surface area contributed by atoms with Crippen LogP contribution in [0.3, 0.4) is 0 Å². The van der Waals surface area contributed by atoms with Gasteiger partial charge >= 0.3 is 0 Å². The lowest BCUT2D eigenvalue weighted by Crippen LogP contribution is -2.32. The SMILES string of the molecule is C/C=C/[C@@H]1OCC[C@]1(C)O. The fourth-order valence-electron chi connectivity index (χ4n) is 1.15. The summed E-state index contributed by atoms with van der Waals surface area (Å²) in [5.41, 5.74) is -0.646. The normalized spacial score (nSPS) is 41.3. The predicted molar refractivity (Wildman–Crippen MR) is 39.8 cm³/mol. The van der Waals surface area contributed by atoms with Crippen molar-refractivity contribution in [1.82, 2.24) is 0 Å². The Balaban J connectivity index is 2.59. The van der Waals surface area contributed by atoms with Crippen LogP contribution in [0.1, 0.15) is 20.3 Å². The van der Waals surface area contributed by atoms with Crippen LogP contribution >= 0.6 is 0 Å². The third-order valence-corrected chi connectivity index (χ3v) is 1.89. The van der Waals surface area contributed by atoms with Crippen LogP contribution in [0.5, 0.6) is 0 Å². The number of ether oxygens (including phenoxy) is 1. The van der Waals surface area contributed by atoms with Crippen molar-refractivity contribution >= 4 is 0 Å². The molecule has 0 aliphatic carbocycles. The monoisotopic (exact) mass is 142 g/mol. The van der Waals surface area contributed by atoms with E-state index in [-0.39, 0.29) is 6.10 Å². The minimum absolute atomic E-state index is 0.0995. The van der Waals surface area contributed by atoms with E-state index in [4.69, 9.17) is 4.74 Å². The van der Waals surface area contributed by atoms with E-state index in [0.29, 0.717) is 6.61 Å². The average Bonchev–Trinajstić information content (AvgIpc) is 2.13. The summed E-state index contributed by atoms with van der Waals surface area (Å²) in [5.74, 6) is 0. The molecule has 1 aliphatic rings. The highest BCUT2D eigenvalue weighted by Gasteiger charge is 2.35. The van der Waals surface area contributed by atoms with Crippen LogP contribution in [0, 0.1) is 0 Å². The number of rotatable bonds is 1. The van der Waals surface area contributed by atoms with Crippen molar-refractivity contribution in [3.63, 3.8) is 0 Å². The molecule has 0 aromatic rings. The number of hydrogen-bond donors (Lipinski definition) is 1. The van der Waals surface area contributed by atoms with Crippen LogP contribution in [-0.4, -0.2) is 23.4 Å². The molecule has 0 radical (unpaired) electrons. The van der Waals surface area contributed by atoms with E-state index in [2.05, 4.69) is 0 Å². The Morgan fingerprint density at radius 1 is 1.70 bits per heavy atom. The molecule has 0 aromatic heterocycles. The molecule has 1 saturated heterocycles. The molecular weight excluding hydrogens is 128 g/mol. The standard InChI is InChI=1S/C8H14O2/c1-3-4-7-8(2,9)5-6-10-7/h3-4,7,9H,5-6H2,1-2H3/b4-3+/t7-,8-/m0/s1. The Labute approximate surface area is 61.5 Å². The minimum Gasteiger partial charge on any atom is -0.387 e. The lowest BCUT2D eigenvalue weighted by Gasteiger charge is -2.20. The van der Waals surface area contributed by atoms with Crippen molar-refractivity contribution in [2.75, 3.05) is 6.61 Å². The van der Waals surface area contributed by atoms with Gasteiger partial charge in [-0.1, -0.05) is 12.2 Å². The first-order chi connectivity index (χ1) is 4.67. The fraction of sp³-hybridized carbons (Fsp3) is 0.750. The van der Waals surface area contributed by atoms with Crippen molar-refractivity contribution < 1.29 is 9.84 Å². The zero-order valence-corrected chi connectivity index (χ0v) is 6.50. The van der Waals surface area contributed by atoms with Crippen molar-refractivity contribution in [2.24, 2.45) is 0 Å². The van der Waals surface area contributed by atoms with Gasteiger partial charge in [0.05, 0.1) is 12.2 Å². The van der Waals surface area contributed by atoms with Gasteiger partial charge in [-0.25, -0.2) is 0 Å². The van der Waals surface area contributed by atoms with Gasteiger partial charge in [0, 0.05) is 6.42 Å². The molecule has 0 bridgehead atoms. The van der Waals surface area contributed by atoms with Crippen LogP contribution in [0.25, 0.3) is 0 Å². The topological polar surface area (TPSA) is 29.5 Å². The van der Waals surface area contributed by atoms with Crippen molar-refractivity contribution in [2.45, 2.75) is 32.0 Å². The lowest BCUT2D eigenvalue weighted by atomic mass is 9.98. The van der Waals surface area contributed by atoms with Crippen molar-refractivity contribution in [3.8, 4) is 0 Å². The Kier molecular flexibility index (Phi) is 2.11. The van der Waals surface area contributed by atoms with E-state index in [1.54, 1.807) is 0 Å². The van der Waals surface area contributed by atoms with E-state index in [1.165, 1.54) is 0 Å². The van der Waals surface area contributed by atoms with Crippen LogP contribution < -0.4 is 0 Å². The summed E-state index contributed by atoms with van der Waals surface area (Å²) in [5, 5.41) is 9.61. The molecule has 0 unspecified atom stereocenters. The smallest absolute Gasteiger partial charge is 0.104 e. The first kappa shape index (κ1) is 7.76. The van der Waals surface area contributed by atoms with Gasteiger partial charge < -0.3 is 9.84 Å². The molecule has 0 saturated carbocycles. The van der Waals surface area contributed by atoms with Crippen LogP contribution in [0.2, 0.25) is 0 Å². The van der Waals surface area contributed by atoms with Gasteiger partial charge in [0.2, 0.25) is 0 Å². The van der Waals surface area contributed by atoms with Crippen LogP contribution in [-0.2, 0) is 4.74 Å². The van der Waals surface area contributed by atoms with E-state index < -0.39 is 5.60 Å². The molecule has 2 heteroatoms. The van der Waals surface area contributed by atoms with Crippen molar-refractivity contribution in [1.29, 1.82) is 0 Å². The zero-order valence-electron chi connectivity index (χ0n) is 6.50. The molecule has 10 heavy (non-hydrogen) atoms. The third-order valence-electron chi connectivity index (χ3n) is 1.89. The summed E-state index contributed by atoms with van der Waals surface area (Å²) >= 11 is 0. The Morgan fingerprint density at radius 3 is 2.80 bits per heavy atom. The second-order valence-electron chi connectivity index (χ2n) is 2.92. The molecule has 0 spiro atoms. The minimum atomic E-state index is -0.646. The Morgan fingerprint density at radius 2 is 2.40 bits per heavy atom. The van der Waals surface area contributed by atoms with Gasteiger partial charge in [-0.15, -0.1) is 0 Å². The molecule has 1 rings (SSSR count). The molecule has 0 amide bonds. The second-order valence-corrected chi connectivity index (χ2v) is 2.92. The molecular formula is C8H14O2. The largest absolute Gasteiger partial charge is 0.387 e. The molecule has 2 atom stereocenters. The molecule has 1 aliphatic heterocycles. The van der Waals surface area contributed by atoms with E-state index in [9.17, 15) is 5.11 Å². The number of aliphatic hydroxyl groups is 1. The number of allylic oxidation sites excluding steroid dienone is 1. The summed E-state index contributed by atoms with van der Waals surface area (Å²) < 4.78 is 5.27. The molecule has 2 nitrogen and oxygen atoms in total. The van der Waals surface area contributed by atoms with E-state index in [0.717, 1.165) is 6.42 Å². The lowest BCUT2D eigenvalue weighted by molar-refractivity contribution is 0.00209. The van der Waals surface area contributed by atoms with E-state index >= 15 is 0 Å². The van der Waals surface area contributed by atoms with Gasteiger partial charge in [-0.3, -0.25) is 0 Å². The van der Waals surface area contributed by atoms with Gasteiger partial charge in [0.25, 0.3) is 0 Å². The Hall–Kier alpha value is -0.340. The zero-order chi connectivity index (χ0) is 7.61. The number of hydrogen-bond acceptors (Lipinski definition) is 2. The van der Waals surface area contributed by atoms with Gasteiger partial charge in [-0.2, -0.15) is 0 Å². The highest BCUT2D eigenvalue weighted by Crippen LogP contribution is 2.25. The fourth-order valence-corrected chi connectivity index (χ4v) is 1.15. The summed E-state index contributed by atoms with van der Waals surface area (Å²) in [6, 6.07) is 0. The third kappa shape index (κ3) is 1.39. The highest BCUT2D eigenvalue weighted by molar-refractivity contribution is 5.01. The van der Waals surface area contributed by atoms with Gasteiger partial charge in [-0.05, 0) is 13.8 Å². The van der Waals surface area contributed by atoms with Gasteiger partial charge in [0.15, 0.2) is 0 Å². The van der Waals surface area contributed by atoms with Gasteiger partial charge in [0.1, 0.15) is 6.10 Å². The molecule has 0 aromatic carbocycles. The first-order valence-corrected chi connectivity index (χ1v) is 3.63. The first-order valence-electron chi connectivity index (χ1n) is 3.63. The highest BCUT2D eigenvalue weighted by atomic mass is 16.5. The van der Waals surface area contributed by atoms with E-state index in [1.807, 2.05) is 26.0 Å². The van der Waals surface area contributed by atoms with Crippen LogP contribution in [0.4, 0.5) is 0 Å². The summed E-state index contributed by atoms with van der Waals surface area (Å²) in [6.07, 6.45) is 4.44. The summed E-state index contributed by atoms with van der Waals surface area (Å²) in [7, 11) is 0. The van der Waals surface area contributed by atoms with Crippen molar-refractivity contribution in [3.05, 3.63) is 12.2 Å². The maximum atomic E-state index is 9.61. The van der Waals surface area contributed by atoms with Crippen LogP contribution in [0.15, 0.2) is 12.2 Å². The molecule has 1 fully saturated rings. The maximum Gasteiger partial charge on any atom is 0.104 e. The average molecular weight is 142 g/mol. The summed E-state index contributed by atoms with van der Waals surface area (Å²) in [6.45, 7) is 4.41. The second kappa shape index (κ2) is 2.72. The molecule has 1 heterocycles. The Bertz CT molecular complexity index is 138.